The normalized spacial score (nSPS) is 10.2. The molecule has 108 valence electrons. The second kappa shape index (κ2) is 5.79. The zero-order chi connectivity index (χ0) is 15.6. The molecule has 0 saturated heterocycles. The number of carbonyl (C=O) groups is 1. The van der Waals surface area contributed by atoms with Crippen LogP contribution in [0.4, 0.5) is 0 Å². The molecule has 0 unspecified atom stereocenters. The Bertz CT molecular complexity index is 875. The fourth-order valence-corrected chi connectivity index (χ4v) is 2.10. The summed E-state index contributed by atoms with van der Waals surface area (Å²) in [4.78, 5) is 23.2. The summed E-state index contributed by atoms with van der Waals surface area (Å²) in [5, 5.41) is 9.85. The molecule has 0 atom stereocenters. The molecule has 0 bridgehead atoms. The van der Waals surface area contributed by atoms with Crippen molar-refractivity contribution in [3.63, 3.8) is 0 Å². The summed E-state index contributed by atoms with van der Waals surface area (Å²) in [5.74, 6) is -1.05. The summed E-state index contributed by atoms with van der Waals surface area (Å²) < 4.78 is 5.61. The third-order valence-corrected chi connectivity index (χ3v) is 3.07. The standard InChI is InChI=1S/C15H10O4.C2H6/c1-8-2-5-12-11(6-8)14(16)10-4-3-9(15(17)18)7-13(10)19-12;1-2/h2-7H,1H3,(H,17,18);1-2H3. The van der Waals surface area contributed by atoms with E-state index in [-0.39, 0.29) is 11.0 Å². The largest absolute Gasteiger partial charge is 0.478 e. The van der Waals surface area contributed by atoms with E-state index in [2.05, 4.69) is 0 Å². The van der Waals surface area contributed by atoms with E-state index < -0.39 is 5.97 Å². The Balaban J connectivity index is 0.000000774. The minimum Gasteiger partial charge on any atom is -0.478 e. The molecular weight excluding hydrogens is 268 g/mol. The molecule has 2 aromatic carbocycles. The Morgan fingerprint density at radius 3 is 2.38 bits per heavy atom. The smallest absolute Gasteiger partial charge is 0.335 e. The number of carboxylic acids is 1. The average molecular weight is 284 g/mol. The number of hydrogen-bond acceptors (Lipinski definition) is 3. The Hall–Kier alpha value is -2.62. The van der Waals surface area contributed by atoms with Gasteiger partial charge in [0.15, 0.2) is 0 Å². The van der Waals surface area contributed by atoms with E-state index in [1.807, 2.05) is 26.8 Å². The predicted octanol–water partition coefficient (Wildman–Crippen LogP) is 3.98. The lowest BCUT2D eigenvalue weighted by molar-refractivity contribution is 0.0697. The molecule has 0 fully saturated rings. The summed E-state index contributed by atoms with van der Waals surface area (Å²) in [6, 6.07) is 9.61. The topological polar surface area (TPSA) is 67.5 Å². The molecular formula is C17H16O4. The van der Waals surface area contributed by atoms with Gasteiger partial charge in [0.25, 0.3) is 0 Å². The first-order chi connectivity index (χ1) is 10.1. The van der Waals surface area contributed by atoms with E-state index in [1.165, 1.54) is 18.2 Å². The third-order valence-electron chi connectivity index (χ3n) is 3.07. The summed E-state index contributed by atoms with van der Waals surface area (Å²) >= 11 is 0. The number of fused-ring (bicyclic) bond motifs is 2. The van der Waals surface area contributed by atoms with Gasteiger partial charge in [-0.3, -0.25) is 4.79 Å². The molecule has 0 aliphatic rings. The van der Waals surface area contributed by atoms with Crippen molar-refractivity contribution >= 4 is 27.9 Å². The van der Waals surface area contributed by atoms with Crippen LogP contribution in [0.3, 0.4) is 0 Å². The van der Waals surface area contributed by atoms with Crippen molar-refractivity contribution in [1.82, 2.24) is 0 Å². The maximum Gasteiger partial charge on any atom is 0.335 e. The molecule has 0 spiro atoms. The van der Waals surface area contributed by atoms with Gasteiger partial charge in [-0.2, -0.15) is 0 Å². The third kappa shape index (κ3) is 2.65. The molecule has 4 heteroatoms. The van der Waals surface area contributed by atoms with Gasteiger partial charge in [0.1, 0.15) is 11.2 Å². The van der Waals surface area contributed by atoms with Crippen molar-refractivity contribution in [1.29, 1.82) is 0 Å². The van der Waals surface area contributed by atoms with Crippen molar-refractivity contribution in [2.45, 2.75) is 20.8 Å². The molecule has 0 aliphatic heterocycles. The fraction of sp³-hybridized carbons (Fsp3) is 0.176. The summed E-state index contributed by atoms with van der Waals surface area (Å²) in [6.45, 7) is 5.90. The highest BCUT2D eigenvalue weighted by atomic mass is 16.4. The monoisotopic (exact) mass is 284 g/mol. The maximum absolute atomic E-state index is 12.3. The highest BCUT2D eigenvalue weighted by Crippen LogP contribution is 2.20. The first-order valence-electron chi connectivity index (χ1n) is 6.77. The van der Waals surface area contributed by atoms with Crippen LogP contribution in [0.1, 0.15) is 29.8 Å². The van der Waals surface area contributed by atoms with E-state index in [0.717, 1.165) is 5.56 Å². The van der Waals surface area contributed by atoms with Crippen LogP contribution in [0.2, 0.25) is 0 Å². The van der Waals surface area contributed by atoms with Crippen LogP contribution in [0, 0.1) is 6.92 Å². The molecule has 1 aromatic heterocycles. The Kier molecular flexibility index (Phi) is 4.08. The van der Waals surface area contributed by atoms with Gasteiger partial charge in [0.2, 0.25) is 5.43 Å². The van der Waals surface area contributed by atoms with Crippen molar-refractivity contribution in [2.75, 3.05) is 0 Å². The summed E-state index contributed by atoms with van der Waals surface area (Å²) in [6.07, 6.45) is 0. The van der Waals surface area contributed by atoms with Gasteiger partial charge >= 0.3 is 5.97 Å². The Labute approximate surface area is 121 Å². The Morgan fingerprint density at radius 1 is 1.00 bits per heavy atom. The van der Waals surface area contributed by atoms with Crippen LogP contribution in [0.15, 0.2) is 45.6 Å². The summed E-state index contributed by atoms with van der Waals surface area (Å²) in [7, 11) is 0. The minimum absolute atomic E-state index is 0.0992. The second-order valence-corrected chi connectivity index (χ2v) is 4.45. The van der Waals surface area contributed by atoms with Crippen LogP contribution >= 0.6 is 0 Å². The average Bonchev–Trinajstić information content (AvgIpc) is 2.50. The van der Waals surface area contributed by atoms with E-state index in [4.69, 9.17) is 9.52 Å². The molecule has 3 rings (SSSR count). The molecule has 21 heavy (non-hydrogen) atoms. The maximum atomic E-state index is 12.3. The number of rotatable bonds is 1. The molecule has 4 nitrogen and oxygen atoms in total. The summed E-state index contributed by atoms with van der Waals surface area (Å²) in [5.41, 5.74) is 1.69. The highest BCUT2D eigenvalue weighted by Gasteiger charge is 2.10. The molecule has 0 aliphatic carbocycles. The number of benzene rings is 2. The van der Waals surface area contributed by atoms with Crippen LogP contribution in [-0.2, 0) is 0 Å². The van der Waals surface area contributed by atoms with Gasteiger partial charge in [-0.25, -0.2) is 4.79 Å². The molecule has 1 heterocycles. The van der Waals surface area contributed by atoms with Crippen molar-refractivity contribution < 1.29 is 14.3 Å². The minimum atomic E-state index is -1.05. The van der Waals surface area contributed by atoms with Gasteiger partial charge < -0.3 is 9.52 Å². The zero-order valence-electron chi connectivity index (χ0n) is 12.1. The fourth-order valence-electron chi connectivity index (χ4n) is 2.10. The van der Waals surface area contributed by atoms with Crippen LogP contribution < -0.4 is 5.43 Å². The van der Waals surface area contributed by atoms with Gasteiger partial charge in [-0.1, -0.05) is 25.5 Å². The number of carboxylic acid groups (broad SMARTS) is 1. The first kappa shape index (κ1) is 14.8. The van der Waals surface area contributed by atoms with Gasteiger partial charge in [-0.05, 0) is 37.3 Å². The first-order valence-corrected chi connectivity index (χ1v) is 6.77. The van der Waals surface area contributed by atoms with E-state index >= 15 is 0 Å². The quantitative estimate of drug-likeness (QED) is 0.686. The van der Waals surface area contributed by atoms with Crippen molar-refractivity contribution in [2.24, 2.45) is 0 Å². The van der Waals surface area contributed by atoms with Crippen LogP contribution in [-0.4, -0.2) is 11.1 Å². The van der Waals surface area contributed by atoms with E-state index in [1.54, 1.807) is 12.1 Å². The number of aromatic carboxylic acids is 1. The Morgan fingerprint density at radius 2 is 1.71 bits per heavy atom. The van der Waals surface area contributed by atoms with E-state index in [9.17, 15) is 9.59 Å². The molecule has 3 aromatic rings. The van der Waals surface area contributed by atoms with Crippen molar-refractivity contribution in [3.8, 4) is 0 Å². The predicted molar refractivity (Wildman–Crippen MR) is 83.0 cm³/mol. The number of hydrogen-bond donors (Lipinski definition) is 1. The highest BCUT2D eigenvalue weighted by molar-refractivity contribution is 5.95. The lowest BCUT2D eigenvalue weighted by Crippen LogP contribution is -2.04. The molecule has 0 amide bonds. The van der Waals surface area contributed by atoms with Gasteiger partial charge in [0, 0.05) is 0 Å². The zero-order valence-corrected chi connectivity index (χ0v) is 12.1. The van der Waals surface area contributed by atoms with Gasteiger partial charge in [-0.15, -0.1) is 0 Å². The van der Waals surface area contributed by atoms with Gasteiger partial charge in [0.05, 0.1) is 16.3 Å². The molecule has 1 N–H and O–H groups in total. The second-order valence-electron chi connectivity index (χ2n) is 4.45. The van der Waals surface area contributed by atoms with E-state index in [0.29, 0.717) is 21.9 Å². The molecule has 0 radical (unpaired) electrons. The van der Waals surface area contributed by atoms with Crippen molar-refractivity contribution in [3.05, 3.63) is 57.7 Å². The molecule has 0 saturated carbocycles. The van der Waals surface area contributed by atoms with Crippen LogP contribution in [0.25, 0.3) is 21.9 Å². The SMILES string of the molecule is CC.Cc1ccc2oc3cc(C(=O)O)ccc3c(=O)c2c1. The lowest BCUT2D eigenvalue weighted by atomic mass is 10.1. The number of aryl methyl sites for hydroxylation is 1. The lowest BCUT2D eigenvalue weighted by Gasteiger charge is -2.03. The van der Waals surface area contributed by atoms with Crippen LogP contribution in [0.5, 0.6) is 0 Å².